The molecule has 0 radical (unpaired) electrons. The van der Waals surface area contributed by atoms with Crippen molar-refractivity contribution >= 4 is 5.91 Å². The number of hydrogen-bond donors (Lipinski definition) is 1. The highest BCUT2D eigenvalue weighted by Gasteiger charge is 2.36. The molecule has 1 N–H and O–H groups in total. The van der Waals surface area contributed by atoms with Gasteiger partial charge in [0.2, 0.25) is 0 Å². The number of halogens is 3. The Bertz CT molecular complexity index is 674. The predicted octanol–water partition coefficient (Wildman–Crippen LogP) is 3.45. The van der Waals surface area contributed by atoms with Crippen LogP contribution < -0.4 is 0 Å². The maximum absolute atomic E-state index is 13.1. The smallest absolute Gasteiger partial charge is 0.350 e. The Labute approximate surface area is 131 Å². The van der Waals surface area contributed by atoms with Crippen LogP contribution in [0.2, 0.25) is 0 Å². The fraction of sp³-hybridized carbons (Fsp3) is 0.375. The first-order chi connectivity index (χ1) is 11.0. The van der Waals surface area contributed by atoms with Crippen LogP contribution >= 0.6 is 0 Å². The molecule has 0 unspecified atom stereocenters. The lowest BCUT2D eigenvalue weighted by molar-refractivity contribution is -0.138. The fourth-order valence-corrected chi connectivity index (χ4v) is 3.04. The first-order valence-electron chi connectivity index (χ1n) is 7.41. The number of imidazole rings is 1. The van der Waals surface area contributed by atoms with Crippen molar-refractivity contribution in [3.05, 3.63) is 53.6 Å². The number of likely N-dealkylation sites (tertiary alicyclic amines) is 1. The number of carbonyl (C=O) groups is 1. The van der Waals surface area contributed by atoms with E-state index in [-0.39, 0.29) is 11.8 Å². The average Bonchev–Trinajstić information content (AvgIpc) is 3.08. The molecular formula is C16H16F3N3O. The lowest BCUT2D eigenvalue weighted by Crippen LogP contribution is -2.38. The van der Waals surface area contributed by atoms with Crippen molar-refractivity contribution in [3.63, 3.8) is 0 Å². The van der Waals surface area contributed by atoms with Gasteiger partial charge in [0.05, 0.1) is 11.9 Å². The van der Waals surface area contributed by atoms with E-state index in [1.807, 2.05) is 0 Å². The van der Waals surface area contributed by atoms with E-state index < -0.39 is 11.7 Å². The maximum Gasteiger partial charge on any atom is 0.416 e. The summed E-state index contributed by atoms with van der Waals surface area (Å²) in [5.74, 6) is -0.370. The van der Waals surface area contributed by atoms with E-state index in [4.69, 9.17) is 0 Å². The molecule has 1 aliphatic heterocycles. The molecule has 0 atom stereocenters. The molecular weight excluding hydrogens is 307 g/mol. The maximum atomic E-state index is 13.1. The summed E-state index contributed by atoms with van der Waals surface area (Å²) in [6, 6.07) is 5.70. The van der Waals surface area contributed by atoms with Gasteiger partial charge in [0, 0.05) is 19.3 Å². The van der Waals surface area contributed by atoms with Gasteiger partial charge in [0.25, 0.3) is 5.91 Å². The summed E-state index contributed by atoms with van der Waals surface area (Å²) < 4.78 is 39.4. The summed E-state index contributed by atoms with van der Waals surface area (Å²) in [6.45, 7) is 0.866. The molecule has 1 amide bonds. The number of nitrogens with one attached hydrogen (secondary N) is 1. The molecule has 0 aliphatic carbocycles. The summed E-state index contributed by atoms with van der Waals surface area (Å²) in [5.41, 5.74) is 0.0862. The summed E-state index contributed by atoms with van der Waals surface area (Å²) in [6.07, 6.45) is -0.363. The Kier molecular flexibility index (Phi) is 4.11. The van der Waals surface area contributed by atoms with Gasteiger partial charge in [-0.25, -0.2) is 4.98 Å². The monoisotopic (exact) mass is 323 g/mol. The number of aromatic nitrogens is 2. The van der Waals surface area contributed by atoms with Gasteiger partial charge in [0.1, 0.15) is 5.69 Å². The molecule has 1 fully saturated rings. The van der Waals surface area contributed by atoms with Gasteiger partial charge in [-0.05, 0) is 30.4 Å². The molecule has 1 aromatic carbocycles. The second-order valence-corrected chi connectivity index (χ2v) is 5.61. The van der Waals surface area contributed by atoms with Crippen molar-refractivity contribution in [3.8, 4) is 0 Å². The highest BCUT2D eigenvalue weighted by molar-refractivity contribution is 5.92. The zero-order chi connectivity index (χ0) is 16.4. The second-order valence-electron chi connectivity index (χ2n) is 5.61. The fourth-order valence-electron chi connectivity index (χ4n) is 3.04. The van der Waals surface area contributed by atoms with Crippen LogP contribution in [0.1, 0.15) is 40.4 Å². The number of amides is 1. The zero-order valence-corrected chi connectivity index (χ0v) is 12.3. The number of nitrogens with zero attached hydrogens (tertiary/aromatic N) is 2. The van der Waals surface area contributed by atoms with Crippen LogP contribution in [-0.2, 0) is 6.18 Å². The van der Waals surface area contributed by atoms with Crippen molar-refractivity contribution in [2.24, 2.45) is 0 Å². The van der Waals surface area contributed by atoms with Gasteiger partial charge in [-0.15, -0.1) is 0 Å². The van der Waals surface area contributed by atoms with E-state index in [0.29, 0.717) is 37.2 Å². The summed E-state index contributed by atoms with van der Waals surface area (Å²) >= 11 is 0. The molecule has 3 rings (SSSR count). The van der Waals surface area contributed by atoms with Crippen molar-refractivity contribution in [1.29, 1.82) is 0 Å². The van der Waals surface area contributed by atoms with Crippen molar-refractivity contribution < 1.29 is 18.0 Å². The third-order valence-electron chi connectivity index (χ3n) is 4.21. The van der Waals surface area contributed by atoms with E-state index in [1.54, 1.807) is 17.0 Å². The van der Waals surface area contributed by atoms with Gasteiger partial charge in [-0.1, -0.05) is 18.2 Å². The van der Waals surface area contributed by atoms with E-state index >= 15 is 0 Å². The summed E-state index contributed by atoms with van der Waals surface area (Å²) in [7, 11) is 0. The molecule has 4 nitrogen and oxygen atoms in total. The number of H-pyrrole nitrogens is 1. The molecule has 0 spiro atoms. The number of carbonyl (C=O) groups excluding carboxylic acids is 1. The van der Waals surface area contributed by atoms with Gasteiger partial charge in [0.15, 0.2) is 0 Å². The molecule has 1 aromatic heterocycles. The number of alkyl halides is 3. The normalized spacial score (nSPS) is 16.6. The highest BCUT2D eigenvalue weighted by Crippen LogP contribution is 2.38. The Balaban J connectivity index is 1.72. The topological polar surface area (TPSA) is 49.0 Å². The minimum atomic E-state index is -4.35. The molecule has 0 saturated carbocycles. The Hall–Kier alpha value is -2.31. The molecule has 0 bridgehead atoms. The van der Waals surface area contributed by atoms with Crippen LogP contribution in [0.25, 0.3) is 0 Å². The largest absolute Gasteiger partial charge is 0.416 e. The van der Waals surface area contributed by atoms with Gasteiger partial charge in [-0.3, -0.25) is 4.79 Å². The molecule has 122 valence electrons. The number of piperidine rings is 1. The van der Waals surface area contributed by atoms with Crippen LogP contribution in [0.15, 0.2) is 36.8 Å². The Morgan fingerprint density at radius 3 is 2.52 bits per heavy atom. The Morgan fingerprint density at radius 2 is 1.91 bits per heavy atom. The van der Waals surface area contributed by atoms with E-state index in [0.717, 1.165) is 6.07 Å². The van der Waals surface area contributed by atoms with Gasteiger partial charge >= 0.3 is 6.18 Å². The van der Waals surface area contributed by atoms with Crippen LogP contribution in [0.4, 0.5) is 13.2 Å². The third kappa shape index (κ3) is 3.23. The first-order valence-corrected chi connectivity index (χ1v) is 7.41. The van der Waals surface area contributed by atoms with Crippen LogP contribution in [0.3, 0.4) is 0 Å². The molecule has 1 saturated heterocycles. The minimum Gasteiger partial charge on any atom is -0.350 e. The standard InChI is InChI=1S/C16H16F3N3O/c17-16(18,19)13-4-2-1-3-12(13)11-5-7-22(8-6-11)15(23)14-9-20-10-21-14/h1-4,9-11H,5-8H2,(H,20,21). The lowest BCUT2D eigenvalue weighted by Gasteiger charge is -2.32. The number of aromatic amines is 1. The van der Waals surface area contributed by atoms with Crippen LogP contribution in [-0.4, -0.2) is 33.9 Å². The zero-order valence-electron chi connectivity index (χ0n) is 12.3. The van der Waals surface area contributed by atoms with E-state index in [9.17, 15) is 18.0 Å². The molecule has 23 heavy (non-hydrogen) atoms. The van der Waals surface area contributed by atoms with Crippen molar-refractivity contribution in [2.45, 2.75) is 24.9 Å². The third-order valence-corrected chi connectivity index (χ3v) is 4.21. The predicted molar refractivity (Wildman–Crippen MR) is 77.9 cm³/mol. The lowest BCUT2D eigenvalue weighted by atomic mass is 9.86. The van der Waals surface area contributed by atoms with E-state index in [2.05, 4.69) is 9.97 Å². The quantitative estimate of drug-likeness (QED) is 0.920. The number of rotatable bonds is 2. The van der Waals surface area contributed by atoms with Crippen LogP contribution in [0, 0.1) is 0 Å². The SMILES string of the molecule is O=C(c1c[nH]cn1)N1CCC(c2ccccc2C(F)(F)F)CC1. The summed E-state index contributed by atoms with van der Waals surface area (Å²) in [5, 5.41) is 0. The Morgan fingerprint density at radius 1 is 1.22 bits per heavy atom. The van der Waals surface area contributed by atoms with Crippen molar-refractivity contribution in [2.75, 3.05) is 13.1 Å². The molecule has 2 aromatic rings. The minimum absolute atomic E-state index is 0.184. The van der Waals surface area contributed by atoms with Gasteiger partial charge < -0.3 is 9.88 Å². The average molecular weight is 323 g/mol. The molecule has 2 heterocycles. The van der Waals surface area contributed by atoms with Gasteiger partial charge in [-0.2, -0.15) is 13.2 Å². The van der Waals surface area contributed by atoms with Crippen LogP contribution in [0.5, 0.6) is 0 Å². The first kappa shape index (κ1) is 15.6. The molecule has 7 heteroatoms. The highest BCUT2D eigenvalue weighted by atomic mass is 19.4. The number of hydrogen-bond acceptors (Lipinski definition) is 2. The second kappa shape index (κ2) is 6.06. The number of benzene rings is 1. The molecule has 1 aliphatic rings. The van der Waals surface area contributed by atoms with E-state index in [1.165, 1.54) is 18.6 Å². The summed E-state index contributed by atoms with van der Waals surface area (Å²) in [4.78, 5) is 20.5. The van der Waals surface area contributed by atoms with Crippen molar-refractivity contribution in [1.82, 2.24) is 14.9 Å².